The monoisotopic (exact) mass is 324 g/mol. The molecule has 1 aromatic carbocycles. The molecule has 6 heteroatoms. The second-order valence-electron chi connectivity index (χ2n) is 3.25. The second-order valence-corrected chi connectivity index (χ2v) is 7.90. The van der Waals surface area contributed by atoms with Crippen LogP contribution in [0.2, 0.25) is 0 Å². The quantitative estimate of drug-likeness (QED) is 0.473. The van der Waals surface area contributed by atoms with Crippen molar-refractivity contribution in [3.8, 4) is 5.75 Å². The van der Waals surface area contributed by atoms with E-state index in [1.165, 1.54) is 0 Å². The molecule has 0 spiro atoms. The van der Waals surface area contributed by atoms with E-state index in [0.717, 1.165) is 24.8 Å². The molecule has 1 rings (SSSR count). The van der Waals surface area contributed by atoms with Crippen molar-refractivity contribution in [3.05, 3.63) is 29.8 Å². The first-order chi connectivity index (χ1) is 7.03. The molecule has 84 valence electrons. The summed E-state index contributed by atoms with van der Waals surface area (Å²) in [6, 6.07) is 7.46. The molecule has 0 aliphatic rings. The Morgan fingerprint density at radius 2 is 2.06 bits per heavy atom. The molecule has 0 saturated carbocycles. The number of unbranched alkanes of at least 4 members (excludes halogenated alkanes) is 1. The van der Waals surface area contributed by atoms with E-state index >= 15 is 0 Å². The Hall–Kier alpha value is 0.603. The maximum absolute atomic E-state index is 11.2. The van der Waals surface area contributed by atoms with Gasteiger partial charge in [-0.05, 0) is 24.5 Å². The van der Waals surface area contributed by atoms with Crippen molar-refractivity contribution < 1.29 is 28.9 Å². The molecule has 0 fully saturated rings. The van der Waals surface area contributed by atoms with Crippen molar-refractivity contribution >= 4 is 29.7 Å². The van der Waals surface area contributed by atoms with Crippen LogP contribution in [0.1, 0.15) is 25.3 Å². The summed E-state index contributed by atoms with van der Waals surface area (Å²) in [4.78, 5) is 11.2. The molecule has 0 heterocycles. The molecule has 0 aromatic heterocycles. The Morgan fingerprint density at radius 1 is 1.44 bits per heavy atom. The minimum absolute atomic E-state index is 0. The Balaban J connectivity index is 0.00000225. The molecule has 1 unspecified atom stereocenters. The van der Waals surface area contributed by atoms with Gasteiger partial charge in [0.05, 0.1) is 0 Å². The number of aryl methyl sites for hydroxylation is 1. The van der Waals surface area contributed by atoms with Crippen LogP contribution in [-0.4, -0.2) is 0 Å². The summed E-state index contributed by atoms with van der Waals surface area (Å²) in [5, 5.41) is 0. The summed E-state index contributed by atoms with van der Waals surface area (Å²) in [5.74, 6) is 0.569. The third kappa shape index (κ3) is 6.37. The standard InChI is InChI=1S/C10H15O2PS2.Zn/c1-2-3-6-9-7-4-5-8-10(9)12-13(11,14)15;/h4-5,7-8H,2-3,6H2,1H3,(H2,11,14,15);/q;+2/p-2. The summed E-state index contributed by atoms with van der Waals surface area (Å²) in [6.45, 7) is 2.12. The van der Waals surface area contributed by atoms with Crippen molar-refractivity contribution in [1.82, 2.24) is 0 Å². The minimum atomic E-state index is -3.28. The predicted molar refractivity (Wildman–Crippen MR) is 67.3 cm³/mol. The van der Waals surface area contributed by atoms with E-state index < -0.39 is 5.69 Å². The van der Waals surface area contributed by atoms with Crippen LogP contribution in [0.25, 0.3) is 0 Å². The number of benzene rings is 1. The van der Waals surface area contributed by atoms with Gasteiger partial charge in [-0.15, -0.1) is 0 Å². The molecule has 0 saturated heterocycles. The summed E-state index contributed by atoms with van der Waals surface area (Å²) in [6.07, 6.45) is 3.07. The van der Waals surface area contributed by atoms with Crippen LogP contribution < -0.4 is 9.42 Å². The first-order valence-electron chi connectivity index (χ1n) is 4.82. The van der Waals surface area contributed by atoms with Crippen LogP contribution in [0.15, 0.2) is 24.3 Å². The van der Waals surface area contributed by atoms with Gasteiger partial charge in [-0.3, -0.25) is 0 Å². The normalized spacial score (nSPS) is 13.7. The molecule has 0 N–H and O–H groups in total. The second kappa shape index (κ2) is 7.84. The Morgan fingerprint density at radius 3 is 2.62 bits per heavy atom. The van der Waals surface area contributed by atoms with Crippen LogP contribution in [-0.2, 0) is 50.0 Å². The van der Waals surface area contributed by atoms with Crippen LogP contribution in [0, 0.1) is 0 Å². The zero-order valence-electron chi connectivity index (χ0n) is 9.22. The van der Waals surface area contributed by atoms with E-state index in [0.29, 0.717) is 5.75 Å². The molecule has 1 aromatic rings. The summed E-state index contributed by atoms with van der Waals surface area (Å²) in [5.41, 5.74) is -2.26. The van der Waals surface area contributed by atoms with Crippen molar-refractivity contribution in [2.75, 3.05) is 0 Å². The molecule has 0 amide bonds. The SMILES string of the molecule is CCCCc1ccccc1OP([O-])(=S)[S-].[Zn+2]. The van der Waals surface area contributed by atoms with Crippen LogP contribution in [0.3, 0.4) is 0 Å². The molecular formula is C10H13O2PS2Zn. The average molecular weight is 326 g/mol. The largest absolute Gasteiger partial charge is 2.00 e. The van der Waals surface area contributed by atoms with Gasteiger partial charge in [-0.1, -0.05) is 49.0 Å². The summed E-state index contributed by atoms with van der Waals surface area (Å²) in [7, 11) is 0. The Bertz CT molecular complexity index is 368. The smallest absolute Gasteiger partial charge is 0.809 e. The zero-order chi connectivity index (χ0) is 11.3. The fraction of sp³-hybridized carbons (Fsp3) is 0.400. The fourth-order valence-corrected chi connectivity index (χ4v) is 2.19. The van der Waals surface area contributed by atoms with Crippen molar-refractivity contribution in [2.45, 2.75) is 26.2 Å². The molecule has 2 nitrogen and oxygen atoms in total. The van der Waals surface area contributed by atoms with Gasteiger partial charge >= 0.3 is 19.5 Å². The third-order valence-corrected chi connectivity index (χ3v) is 2.85. The molecule has 0 radical (unpaired) electrons. The van der Waals surface area contributed by atoms with Crippen molar-refractivity contribution in [1.29, 1.82) is 0 Å². The Kier molecular flexibility index (Phi) is 8.13. The molecule has 0 aliphatic carbocycles. The first-order valence-corrected chi connectivity index (χ1v) is 8.47. The fourth-order valence-electron chi connectivity index (χ4n) is 1.29. The van der Waals surface area contributed by atoms with Gasteiger partial charge in [-0.25, -0.2) is 0 Å². The number of hydrogen-bond donors (Lipinski definition) is 0. The van der Waals surface area contributed by atoms with Gasteiger partial charge in [0.25, 0.3) is 0 Å². The van der Waals surface area contributed by atoms with Gasteiger partial charge in [0, 0.05) is 0 Å². The summed E-state index contributed by atoms with van der Waals surface area (Å²) < 4.78 is 5.12. The van der Waals surface area contributed by atoms with Crippen LogP contribution in [0.4, 0.5) is 0 Å². The Labute approximate surface area is 120 Å². The van der Waals surface area contributed by atoms with Gasteiger partial charge in [-0.2, -0.15) is 0 Å². The molecule has 0 bridgehead atoms. The van der Waals surface area contributed by atoms with Crippen molar-refractivity contribution in [2.24, 2.45) is 0 Å². The van der Waals surface area contributed by atoms with Crippen LogP contribution in [0.5, 0.6) is 5.75 Å². The number of para-hydroxylation sites is 1. The maximum Gasteiger partial charge on any atom is 2.00 e. The van der Waals surface area contributed by atoms with E-state index in [1.54, 1.807) is 6.07 Å². The zero-order valence-corrected chi connectivity index (χ0v) is 14.7. The van der Waals surface area contributed by atoms with Crippen molar-refractivity contribution in [3.63, 3.8) is 0 Å². The van der Waals surface area contributed by atoms with Gasteiger partial charge in [0.15, 0.2) is 0 Å². The van der Waals surface area contributed by atoms with Gasteiger partial charge < -0.3 is 21.7 Å². The average Bonchev–Trinajstić information content (AvgIpc) is 2.14. The van der Waals surface area contributed by atoms with Crippen LogP contribution >= 0.6 is 5.69 Å². The van der Waals surface area contributed by atoms with Gasteiger partial charge in [0.1, 0.15) is 5.75 Å². The van der Waals surface area contributed by atoms with E-state index in [2.05, 4.69) is 31.0 Å². The molecule has 1 atom stereocenters. The minimum Gasteiger partial charge on any atom is -0.809 e. The maximum atomic E-state index is 11.2. The van der Waals surface area contributed by atoms with E-state index in [1.807, 2.05) is 18.2 Å². The van der Waals surface area contributed by atoms with Gasteiger partial charge in [0.2, 0.25) is 0 Å². The molecule has 0 aliphatic heterocycles. The van der Waals surface area contributed by atoms with E-state index in [9.17, 15) is 4.89 Å². The first kappa shape index (κ1) is 16.6. The van der Waals surface area contributed by atoms with E-state index in [4.69, 9.17) is 4.52 Å². The number of hydrogen-bond acceptors (Lipinski definition) is 4. The predicted octanol–water partition coefficient (Wildman–Crippen LogP) is 2.54. The molecular weight excluding hydrogens is 313 g/mol. The topological polar surface area (TPSA) is 32.3 Å². The van der Waals surface area contributed by atoms with E-state index in [-0.39, 0.29) is 19.5 Å². The third-order valence-electron chi connectivity index (χ3n) is 1.98. The molecule has 16 heavy (non-hydrogen) atoms. The number of rotatable bonds is 5. The summed E-state index contributed by atoms with van der Waals surface area (Å²) >= 11 is 9.17.